The van der Waals surface area contributed by atoms with Crippen LogP contribution >= 0.6 is 0 Å². The Kier molecular flexibility index (Phi) is 4.48. The molecule has 0 spiro atoms. The van der Waals surface area contributed by atoms with E-state index in [2.05, 4.69) is 10.2 Å². The number of nitrogens with one attached hydrogen (secondary N) is 1. The van der Waals surface area contributed by atoms with E-state index in [9.17, 15) is 4.79 Å². The quantitative estimate of drug-likeness (QED) is 0.927. The molecule has 1 N–H and O–H groups in total. The molecule has 3 aliphatic rings. The lowest BCUT2D eigenvalue weighted by atomic mass is 9.86. The highest BCUT2D eigenvalue weighted by atomic mass is 16.6. The van der Waals surface area contributed by atoms with E-state index in [0.29, 0.717) is 5.92 Å². The molecule has 0 aliphatic carbocycles. The Morgan fingerprint density at radius 1 is 1.26 bits per heavy atom. The van der Waals surface area contributed by atoms with E-state index in [-0.39, 0.29) is 12.2 Å². The van der Waals surface area contributed by atoms with E-state index in [4.69, 9.17) is 9.47 Å². The largest absolute Gasteiger partial charge is 0.496 e. The minimum Gasteiger partial charge on any atom is -0.496 e. The molecule has 126 valence electrons. The molecular formula is C18H26N2O3. The van der Waals surface area contributed by atoms with Gasteiger partial charge in [-0.15, -0.1) is 0 Å². The van der Waals surface area contributed by atoms with E-state index >= 15 is 0 Å². The van der Waals surface area contributed by atoms with Gasteiger partial charge in [-0.1, -0.05) is 18.2 Å². The maximum absolute atomic E-state index is 12.4. The fraction of sp³-hybridized carbons (Fsp3) is 0.611. The Labute approximate surface area is 137 Å². The lowest BCUT2D eigenvalue weighted by Crippen LogP contribution is -2.53. The van der Waals surface area contributed by atoms with Crippen LogP contribution < -0.4 is 10.1 Å². The van der Waals surface area contributed by atoms with Crippen LogP contribution in [0.3, 0.4) is 0 Å². The van der Waals surface area contributed by atoms with Crippen molar-refractivity contribution in [2.45, 2.75) is 38.3 Å². The summed E-state index contributed by atoms with van der Waals surface area (Å²) in [6, 6.07) is 7.73. The number of rotatable bonds is 4. The van der Waals surface area contributed by atoms with Crippen molar-refractivity contribution in [3.63, 3.8) is 0 Å². The van der Waals surface area contributed by atoms with Gasteiger partial charge < -0.3 is 14.8 Å². The smallest absolute Gasteiger partial charge is 0.408 e. The summed E-state index contributed by atoms with van der Waals surface area (Å²) in [5, 5.41) is 2.99. The molecule has 3 heterocycles. The second-order valence-corrected chi connectivity index (χ2v) is 7.03. The van der Waals surface area contributed by atoms with Gasteiger partial charge in [-0.05, 0) is 51.8 Å². The summed E-state index contributed by atoms with van der Waals surface area (Å²) >= 11 is 0. The molecule has 1 unspecified atom stereocenters. The highest BCUT2D eigenvalue weighted by Crippen LogP contribution is 2.31. The third kappa shape index (κ3) is 3.44. The molecule has 0 saturated carbocycles. The number of methoxy groups -OCH3 is 1. The van der Waals surface area contributed by atoms with Gasteiger partial charge in [0.2, 0.25) is 0 Å². The van der Waals surface area contributed by atoms with Crippen LogP contribution in [-0.2, 0) is 10.3 Å². The molecule has 1 aromatic rings. The minimum atomic E-state index is -0.558. The molecular weight excluding hydrogens is 292 g/mol. The van der Waals surface area contributed by atoms with Crippen molar-refractivity contribution < 1.29 is 14.3 Å². The molecule has 23 heavy (non-hydrogen) atoms. The van der Waals surface area contributed by atoms with Crippen molar-refractivity contribution in [2.24, 2.45) is 5.92 Å². The Bertz CT molecular complexity index is 565. The molecule has 0 radical (unpaired) electrons. The number of benzene rings is 1. The first-order valence-corrected chi connectivity index (χ1v) is 8.34. The number of nitrogens with zero attached hydrogens (tertiary/aromatic N) is 1. The Balaban J connectivity index is 1.64. The minimum absolute atomic E-state index is 0.0194. The monoisotopic (exact) mass is 318 g/mol. The van der Waals surface area contributed by atoms with Crippen molar-refractivity contribution in [3.05, 3.63) is 29.8 Å². The number of para-hydroxylation sites is 1. The van der Waals surface area contributed by atoms with Crippen molar-refractivity contribution in [1.82, 2.24) is 10.2 Å². The Hall–Kier alpha value is -1.75. The third-order valence-corrected chi connectivity index (χ3v) is 5.05. The van der Waals surface area contributed by atoms with E-state index in [1.807, 2.05) is 38.1 Å². The van der Waals surface area contributed by atoms with Gasteiger partial charge in [-0.25, -0.2) is 4.79 Å². The van der Waals surface area contributed by atoms with Crippen LogP contribution in [0.4, 0.5) is 4.79 Å². The van der Waals surface area contributed by atoms with Crippen LogP contribution in [0, 0.1) is 5.92 Å². The van der Waals surface area contributed by atoms with E-state index in [1.54, 1.807) is 7.11 Å². The number of alkyl carbamates (subject to hydrolysis) is 1. The van der Waals surface area contributed by atoms with Crippen molar-refractivity contribution in [1.29, 1.82) is 0 Å². The number of piperidine rings is 3. The Morgan fingerprint density at radius 2 is 1.96 bits per heavy atom. The van der Waals surface area contributed by atoms with E-state index < -0.39 is 5.54 Å². The number of carbonyl (C=O) groups is 1. The summed E-state index contributed by atoms with van der Waals surface area (Å²) in [7, 11) is 1.64. The zero-order valence-corrected chi connectivity index (χ0v) is 14.2. The molecule has 5 nitrogen and oxygen atoms in total. The molecule has 3 aliphatic heterocycles. The summed E-state index contributed by atoms with van der Waals surface area (Å²) in [4.78, 5) is 14.8. The first-order chi connectivity index (χ1) is 11.0. The number of hydrogen-bond donors (Lipinski definition) is 1. The van der Waals surface area contributed by atoms with Crippen LogP contribution in [0.25, 0.3) is 0 Å². The number of ether oxygens (including phenoxy) is 2. The highest BCUT2D eigenvalue weighted by molar-refractivity contribution is 5.69. The SMILES string of the molecule is COc1ccccc1C(C)(C)NC(=O)OC1CN2CCC1CC2. The maximum Gasteiger partial charge on any atom is 0.408 e. The predicted molar refractivity (Wildman–Crippen MR) is 88.6 cm³/mol. The average molecular weight is 318 g/mol. The molecule has 3 saturated heterocycles. The third-order valence-electron chi connectivity index (χ3n) is 5.05. The molecule has 1 amide bonds. The molecule has 5 heteroatoms. The lowest BCUT2D eigenvalue weighted by Gasteiger charge is -2.44. The van der Waals surface area contributed by atoms with Crippen molar-refractivity contribution >= 4 is 6.09 Å². The standard InChI is InChI=1S/C18H26N2O3/c1-18(2,14-6-4-5-7-15(14)22-3)19-17(21)23-16-12-20-10-8-13(16)9-11-20/h4-7,13,16H,8-12H2,1-3H3,(H,19,21). The van der Waals surface area contributed by atoms with Gasteiger partial charge in [0.05, 0.1) is 12.6 Å². The second-order valence-electron chi connectivity index (χ2n) is 7.03. The molecule has 1 aromatic carbocycles. The summed E-state index contributed by atoms with van der Waals surface area (Å²) in [6.45, 7) is 7.07. The first-order valence-electron chi connectivity index (χ1n) is 8.34. The average Bonchev–Trinajstić information content (AvgIpc) is 2.55. The van der Waals surface area contributed by atoms with E-state index in [1.165, 1.54) is 0 Å². The summed E-state index contributed by atoms with van der Waals surface area (Å²) < 4.78 is 11.1. The van der Waals surface area contributed by atoms with Crippen molar-refractivity contribution in [2.75, 3.05) is 26.7 Å². The van der Waals surface area contributed by atoms with Crippen LogP contribution in [0.5, 0.6) is 5.75 Å². The van der Waals surface area contributed by atoms with Crippen LogP contribution in [0.1, 0.15) is 32.3 Å². The van der Waals surface area contributed by atoms with Crippen molar-refractivity contribution in [3.8, 4) is 5.75 Å². The normalized spacial score (nSPS) is 26.7. The number of carbonyl (C=O) groups excluding carboxylic acids is 1. The first kappa shape index (κ1) is 16.1. The van der Waals surface area contributed by atoms with Gasteiger partial charge >= 0.3 is 6.09 Å². The van der Waals surface area contributed by atoms with Gasteiger partial charge in [0.15, 0.2) is 0 Å². The molecule has 0 aromatic heterocycles. The molecule has 3 fully saturated rings. The van der Waals surface area contributed by atoms with Gasteiger partial charge in [-0.3, -0.25) is 4.90 Å². The highest BCUT2D eigenvalue weighted by Gasteiger charge is 2.37. The number of amides is 1. The second kappa shape index (κ2) is 6.40. The number of hydrogen-bond acceptors (Lipinski definition) is 4. The number of fused-ring (bicyclic) bond motifs is 3. The maximum atomic E-state index is 12.4. The molecule has 1 atom stereocenters. The summed E-state index contributed by atoms with van der Waals surface area (Å²) in [6.07, 6.45) is 1.94. The van der Waals surface area contributed by atoms with E-state index in [0.717, 1.165) is 43.8 Å². The predicted octanol–water partition coefficient (Wildman–Crippen LogP) is 2.75. The molecule has 4 rings (SSSR count). The summed E-state index contributed by atoms with van der Waals surface area (Å²) in [5.41, 5.74) is 0.380. The van der Waals surface area contributed by atoms with Gasteiger partial charge in [0, 0.05) is 12.1 Å². The topological polar surface area (TPSA) is 50.8 Å². The summed E-state index contributed by atoms with van der Waals surface area (Å²) in [5.74, 6) is 1.28. The van der Waals surface area contributed by atoms with Crippen LogP contribution in [0.2, 0.25) is 0 Å². The van der Waals surface area contributed by atoms with Crippen LogP contribution in [-0.4, -0.2) is 43.8 Å². The van der Waals surface area contributed by atoms with Gasteiger partial charge in [-0.2, -0.15) is 0 Å². The fourth-order valence-electron chi connectivity index (χ4n) is 3.69. The van der Waals surface area contributed by atoms with Crippen LogP contribution in [0.15, 0.2) is 24.3 Å². The molecule has 2 bridgehead atoms. The van der Waals surface area contributed by atoms with Gasteiger partial charge in [0.25, 0.3) is 0 Å². The zero-order valence-electron chi connectivity index (χ0n) is 14.2. The Morgan fingerprint density at radius 3 is 2.57 bits per heavy atom. The zero-order chi connectivity index (χ0) is 16.4. The fourth-order valence-corrected chi connectivity index (χ4v) is 3.69. The lowest BCUT2D eigenvalue weighted by molar-refractivity contribution is -0.0350. The van der Waals surface area contributed by atoms with Gasteiger partial charge in [0.1, 0.15) is 11.9 Å².